The summed E-state index contributed by atoms with van der Waals surface area (Å²) in [6.07, 6.45) is 14.8. The Balaban J connectivity index is 1.45. The van der Waals surface area contributed by atoms with E-state index in [0.29, 0.717) is 5.41 Å². The summed E-state index contributed by atoms with van der Waals surface area (Å²) in [5, 5.41) is 10.1. The summed E-state index contributed by atoms with van der Waals surface area (Å²) >= 11 is -2.41. The van der Waals surface area contributed by atoms with Crippen LogP contribution in [0, 0.1) is 40.4 Å². The molecular weight excluding hydrogens is 420 g/mol. The van der Waals surface area contributed by atoms with Crippen LogP contribution >= 0.6 is 0 Å². The fourth-order valence-electron chi connectivity index (χ4n) is 8.85. The average molecular weight is 466 g/mol. The highest BCUT2D eigenvalue weighted by Gasteiger charge is 2.59. The van der Waals surface area contributed by atoms with Crippen LogP contribution in [0.2, 0.25) is 0 Å². The normalized spacial score (nSPS) is 43.6. The van der Waals surface area contributed by atoms with Gasteiger partial charge in [-0.1, -0.05) is 45.3 Å². The van der Waals surface area contributed by atoms with E-state index < -0.39 is 17.0 Å². The number of hydrogen-bond acceptors (Lipinski definition) is 4. The van der Waals surface area contributed by atoms with Crippen LogP contribution in [0.5, 0.6) is 0 Å². The third-order valence-electron chi connectivity index (χ3n) is 10.5. The summed E-state index contributed by atoms with van der Waals surface area (Å²) in [4.78, 5) is 0. The van der Waals surface area contributed by atoms with E-state index in [1.807, 2.05) is 13.8 Å². The molecule has 1 N–H and O–H groups in total. The molecule has 0 saturated heterocycles. The highest BCUT2D eigenvalue weighted by molar-refractivity contribution is 7.74. The Morgan fingerprint density at radius 3 is 2.66 bits per heavy atom. The number of fused-ring (bicyclic) bond motifs is 5. The predicted molar refractivity (Wildman–Crippen MR) is 128 cm³/mol. The van der Waals surface area contributed by atoms with E-state index in [2.05, 4.69) is 26.8 Å². The molecule has 0 amide bonds. The summed E-state index contributed by atoms with van der Waals surface area (Å²) in [5.41, 5.74) is 1.61. The second kappa shape index (κ2) is 9.09. The van der Waals surface area contributed by atoms with Crippen molar-refractivity contribution in [1.82, 2.24) is 0 Å². The smallest absolute Gasteiger partial charge is 0.0844 e. The summed E-state index contributed by atoms with van der Waals surface area (Å²) in [7, 11) is 0. The molecule has 32 heavy (non-hydrogen) atoms. The Hall–Kier alpha value is -0.230. The van der Waals surface area contributed by atoms with E-state index >= 15 is 0 Å². The monoisotopic (exact) mass is 465 g/mol. The molecule has 4 aliphatic rings. The molecule has 0 radical (unpaired) electrons. The van der Waals surface area contributed by atoms with Gasteiger partial charge in [0, 0.05) is 0 Å². The van der Waals surface area contributed by atoms with Gasteiger partial charge in [0.2, 0.25) is 0 Å². The summed E-state index contributed by atoms with van der Waals surface area (Å²) < 4.78 is 27.2. The zero-order chi connectivity index (χ0) is 23.3. The zero-order valence-electron chi connectivity index (χ0n) is 20.9. The second-order valence-electron chi connectivity index (χ2n) is 12.8. The molecule has 0 aliphatic heterocycles. The molecule has 4 nitrogen and oxygen atoms in total. The molecule has 3 saturated carbocycles. The number of aliphatic hydroxyl groups is 1. The van der Waals surface area contributed by atoms with Gasteiger partial charge in [-0.3, -0.25) is 4.18 Å². The lowest BCUT2D eigenvalue weighted by Gasteiger charge is -2.58. The van der Waals surface area contributed by atoms with E-state index in [-0.39, 0.29) is 11.5 Å². The molecule has 0 spiro atoms. The Kier molecular flexibility index (Phi) is 7.07. The molecule has 5 heteroatoms. The van der Waals surface area contributed by atoms with Gasteiger partial charge in [-0.2, -0.15) is 0 Å². The standard InChI is InChI=1S/C27H46O4S/c1-18(7-6-14-25(2,3)28)22-10-11-23-21-9-8-19-17-20(31-32(29)30)12-15-26(19,4)24(21)13-16-27(22,23)5/h8,18,20-24,28H,6-7,9-17H2,1-5H3,(H,29,30)/p-1/t18-,20+,21?,22-,23?,24?,26+,27-/m1/s1. The Morgan fingerprint density at radius 2 is 1.97 bits per heavy atom. The molecule has 0 bridgehead atoms. The van der Waals surface area contributed by atoms with Crippen LogP contribution in [0.4, 0.5) is 0 Å². The topological polar surface area (TPSA) is 69.6 Å². The lowest BCUT2D eigenvalue weighted by atomic mass is 9.47. The van der Waals surface area contributed by atoms with Crippen LogP contribution in [0.15, 0.2) is 11.6 Å². The van der Waals surface area contributed by atoms with E-state index in [1.54, 1.807) is 0 Å². The van der Waals surface area contributed by atoms with Crippen LogP contribution in [0.1, 0.15) is 105 Å². The average Bonchev–Trinajstić information content (AvgIpc) is 3.04. The van der Waals surface area contributed by atoms with Crippen molar-refractivity contribution in [1.29, 1.82) is 0 Å². The summed E-state index contributed by atoms with van der Waals surface area (Å²) in [6.45, 7) is 11.4. The molecule has 4 unspecified atom stereocenters. The van der Waals surface area contributed by atoms with E-state index in [0.717, 1.165) is 61.7 Å². The Labute approximate surface area is 198 Å². The quantitative estimate of drug-likeness (QED) is 0.353. The summed E-state index contributed by atoms with van der Waals surface area (Å²) in [5.74, 6) is 3.88. The minimum atomic E-state index is -2.41. The van der Waals surface area contributed by atoms with E-state index in [4.69, 9.17) is 4.18 Å². The zero-order valence-corrected chi connectivity index (χ0v) is 21.7. The van der Waals surface area contributed by atoms with E-state index in [9.17, 15) is 13.9 Å². The number of rotatable bonds is 7. The first-order chi connectivity index (χ1) is 14.9. The molecule has 4 rings (SSSR count). The molecule has 0 aromatic carbocycles. The maximum absolute atomic E-state index is 11.0. The van der Waals surface area contributed by atoms with Crippen molar-refractivity contribution in [2.24, 2.45) is 40.4 Å². The minimum Gasteiger partial charge on any atom is -0.750 e. The Morgan fingerprint density at radius 1 is 1.22 bits per heavy atom. The highest BCUT2D eigenvalue weighted by Crippen LogP contribution is 2.67. The highest BCUT2D eigenvalue weighted by atomic mass is 32.2. The SMILES string of the molecule is C[C@H](CCCC(C)(C)O)[C@H]1CCC2C3CC=C4C[C@@H](OS(=O)[O-])CC[C@]4(C)C3CC[C@@]21C. The van der Waals surface area contributed by atoms with Crippen molar-refractivity contribution >= 4 is 11.4 Å². The predicted octanol–water partition coefficient (Wildman–Crippen LogP) is 6.32. The lowest BCUT2D eigenvalue weighted by molar-refractivity contribution is -0.0560. The van der Waals surface area contributed by atoms with Crippen molar-refractivity contribution in [3.05, 3.63) is 11.6 Å². The van der Waals surface area contributed by atoms with Gasteiger partial charge in [0.1, 0.15) is 0 Å². The fourth-order valence-corrected chi connectivity index (χ4v) is 9.24. The maximum Gasteiger partial charge on any atom is 0.0844 e. The van der Waals surface area contributed by atoms with E-state index in [1.165, 1.54) is 44.1 Å². The van der Waals surface area contributed by atoms with Gasteiger partial charge in [-0.05, 0) is 112 Å². The van der Waals surface area contributed by atoms with Gasteiger partial charge in [0.25, 0.3) is 0 Å². The first-order valence-corrected chi connectivity index (χ1v) is 14.1. The van der Waals surface area contributed by atoms with Crippen LogP contribution in [-0.2, 0) is 15.5 Å². The molecule has 184 valence electrons. The van der Waals surface area contributed by atoms with Crippen molar-refractivity contribution in [3.63, 3.8) is 0 Å². The van der Waals surface area contributed by atoms with Gasteiger partial charge >= 0.3 is 0 Å². The molecule has 9 atom stereocenters. The van der Waals surface area contributed by atoms with Crippen LogP contribution < -0.4 is 0 Å². The largest absolute Gasteiger partial charge is 0.750 e. The molecular formula is C27H45O4S-. The number of hydrogen-bond donors (Lipinski definition) is 1. The van der Waals surface area contributed by atoms with Crippen molar-refractivity contribution in [2.75, 3.05) is 0 Å². The minimum absolute atomic E-state index is 0.168. The van der Waals surface area contributed by atoms with Gasteiger partial charge in [-0.15, -0.1) is 0 Å². The van der Waals surface area contributed by atoms with Gasteiger partial charge in [0.15, 0.2) is 0 Å². The van der Waals surface area contributed by atoms with Gasteiger partial charge < -0.3 is 9.66 Å². The molecule has 0 heterocycles. The second-order valence-corrected chi connectivity index (χ2v) is 13.4. The van der Waals surface area contributed by atoms with Gasteiger partial charge in [-0.25, -0.2) is 4.21 Å². The third kappa shape index (κ3) is 4.65. The van der Waals surface area contributed by atoms with Crippen molar-refractivity contribution < 1.29 is 18.1 Å². The first kappa shape index (κ1) is 24.9. The van der Waals surface area contributed by atoms with Crippen molar-refractivity contribution in [3.8, 4) is 0 Å². The summed E-state index contributed by atoms with van der Waals surface area (Å²) in [6, 6.07) is 0. The number of allylic oxidation sites excluding steroid dienone is 1. The Bertz CT molecular complexity index is 742. The van der Waals surface area contributed by atoms with Gasteiger partial charge in [0.05, 0.1) is 23.1 Å². The van der Waals surface area contributed by atoms with Crippen LogP contribution in [0.3, 0.4) is 0 Å². The molecule has 4 aliphatic carbocycles. The fraction of sp³-hybridized carbons (Fsp3) is 0.926. The van der Waals surface area contributed by atoms with Crippen molar-refractivity contribution in [2.45, 2.75) is 117 Å². The van der Waals surface area contributed by atoms with Crippen LogP contribution in [0.25, 0.3) is 0 Å². The first-order valence-electron chi connectivity index (χ1n) is 13.1. The van der Waals surface area contributed by atoms with Crippen LogP contribution in [-0.4, -0.2) is 25.6 Å². The third-order valence-corrected chi connectivity index (χ3v) is 10.9. The molecule has 0 aromatic rings. The molecule has 0 aromatic heterocycles. The molecule has 3 fully saturated rings. The lowest BCUT2D eigenvalue weighted by Crippen LogP contribution is -2.51. The maximum atomic E-state index is 11.0.